The van der Waals surface area contributed by atoms with E-state index in [-0.39, 0.29) is 34.4 Å². The van der Waals surface area contributed by atoms with Gasteiger partial charge in [0.05, 0.1) is 16.6 Å². The van der Waals surface area contributed by atoms with E-state index in [1.165, 1.54) is 0 Å². The van der Waals surface area contributed by atoms with Gasteiger partial charge in [0.15, 0.2) is 0 Å². The highest BCUT2D eigenvalue weighted by molar-refractivity contribution is 9.09. The third kappa shape index (κ3) is 3.94. The highest BCUT2D eigenvalue weighted by atomic mass is 79.9. The molecule has 164 valence electrons. The van der Waals surface area contributed by atoms with Gasteiger partial charge >= 0.3 is 0 Å². The van der Waals surface area contributed by atoms with Crippen molar-refractivity contribution in [2.24, 2.45) is 11.8 Å². The number of likely N-dealkylation sites (tertiary alicyclic amines) is 1. The number of hydrogen-bond acceptors (Lipinski definition) is 5. The lowest BCUT2D eigenvalue weighted by atomic mass is 9.70. The number of halogens is 1. The molecule has 3 fully saturated rings. The molecule has 0 aromatic heterocycles. The predicted octanol–water partition coefficient (Wildman–Crippen LogP) is 1.28. The topological polar surface area (TPSA) is 98.7 Å². The van der Waals surface area contributed by atoms with E-state index in [0.29, 0.717) is 25.9 Å². The van der Waals surface area contributed by atoms with Gasteiger partial charge in [-0.1, -0.05) is 29.3 Å². The van der Waals surface area contributed by atoms with Gasteiger partial charge in [-0.05, 0) is 32.1 Å². The Bertz CT molecular complexity index is 651. The minimum absolute atomic E-state index is 0.00591. The van der Waals surface area contributed by atoms with Crippen LogP contribution in [0.15, 0.2) is 0 Å². The van der Waals surface area contributed by atoms with Crippen LogP contribution in [0.4, 0.5) is 0 Å². The van der Waals surface area contributed by atoms with E-state index in [1.54, 1.807) is 23.7 Å². The average Bonchev–Trinajstić information content (AvgIpc) is 3.28. The monoisotopic (exact) mass is 489 g/mol. The Hall–Kier alpha value is -0.800. The number of nitrogens with one attached hydrogen (secondary N) is 2. The lowest BCUT2D eigenvalue weighted by Gasteiger charge is -2.35. The van der Waals surface area contributed by atoms with E-state index in [4.69, 9.17) is 5.11 Å². The zero-order valence-electron chi connectivity index (χ0n) is 17.2. The van der Waals surface area contributed by atoms with Gasteiger partial charge in [0.2, 0.25) is 17.7 Å². The smallest absolute Gasteiger partial charge is 0.244 e. The lowest BCUT2D eigenvalue weighted by molar-refractivity contribution is -0.139. The van der Waals surface area contributed by atoms with Crippen molar-refractivity contribution in [3.63, 3.8) is 0 Å². The molecule has 9 heteroatoms. The SMILES string of the molecule is CCCCNC(=O)C1N(CCCCCO)C(=O)[C@@H]2[C@@H](C(=O)NC)[C@@H]3SC12CC3Br. The molecule has 0 radical (unpaired) electrons. The van der Waals surface area contributed by atoms with E-state index in [2.05, 4.69) is 33.5 Å². The second-order valence-electron chi connectivity index (χ2n) is 8.24. The first kappa shape index (κ1) is 22.9. The van der Waals surface area contributed by atoms with Crippen LogP contribution in [0.5, 0.6) is 0 Å². The Kier molecular flexibility index (Phi) is 7.54. The van der Waals surface area contributed by atoms with Gasteiger partial charge in [-0.25, -0.2) is 0 Å². The Morgan fingerprint density at radius 1 is 1.28 bits per heavy atom. The maximum absolute atomic E-state index is 13.5. The zero-order valence-corrected chi connectivity index (χ0v) is 19.6. The minimum Gasteiger partial charge on any atom is -0.396 e. The van der Waals surface area contributed by atoms with Crippen molar-refractivity contribution < 1.29 is 19.5 Å². The molecule has 0 aromatic carbocycles. The summed E-state index contributed by atoms with van der Waals surface area (Å²) in [4.78, 5) is 41.3. The maximum atomic E-state index is 13.5. The number of carbonyl (C=O) groups is 3. The summed E-state index contributed by atoms with van der Waals surface area (Å²) in [6, 6.07) is -0.546. The van der Waals surface area contributed by atoms with Gasteiger partial charge in [0.25, 0.3) is 0 Å². The third-order valence-electron chi connectivity index (χ3n) is 6.47. The zero-order chi connectivity index (χ0) is 21.2. The highest BCUT2D eigenvalue weighted by Gasteiger charge is 2.75. The lowest BCUT2D eigenvalue weighted by Crippen LogP contribution is -2.54. The van der Waals surface area contributed by atoms with E-state index in [1.807, 2.05) is 0 Å². The fourth-order valence-electron chi connectivity index (χ4n) is 5.19. The van der Waals surface area contributed by atoms with Crippen LogP contribution in [0.25, 0.3) is 0 Å². The predicted molar refractivity (Wildman–Crippen MR) is 117 cm³/mol. The second kappa shape index (κ2) is 9.56. The summed E-state index contributed by atoms with van der Waals surface area (Å²) in [5.74, 6) is -1.14. The third-order valence-corrected chi connectivity index (χ3v) is 9.69. The number of nitrogens with zero attached hydrogens (tertiary/aromatic N) is 1. The molecule has 3 heterocycles. The molecule has 6 atom stereocenters. The Morgan fingerprint density at radius 2 is 2.03 bits per heavy atom. The van der Waals surface area contributed by atoms with Crippen molar-refractivity contribution in [1.82, 2.24) is 15.5 Å². The molecular weight excluding hydrogens is 458 g/mol. The van der Waals surface area contributed by atoms with Crippen LogP contribution in [-0.4, -0.2) is 75.3 Å². The van der Waals surface area contributed by atoms with Crippen molar-refractivity contribution in [2.45, 2.75) is 66.3 Å². The number of fused-ring (bicyclic) bond motifs is 1. The number of aliphatic hydroxyl groups is 1. The van der Waals surface area contributed by atoms with E-state index >= 15 is 0 Å². The quantitative estimate of drug-likeness (QED) is 0.317. The van der Waals surface area contributed by atoms with E-state index < -0.39 is 22.6 Å². The van der Waals surface area contributed by atoms with Crippen LogP contribution in [0.1, 0.15) is 45.4 Å². The maximum Gasteiger partial charge on any atom is 0.244 e. The van der Waals surface area contributed by atoms with Crippen LogP contribution in [0.2, 0.25) is 0 Å². The molecule has 3 saturated heterocycles. The number of carbonyl (C=O) groups excluding carboxylic acids is 3. The largest absolute Gasteiger partial charge is 0.396 e. The molecule has 29 heavy (non-hydrogen) atoms. The normalized spacial score (nSPS) is 35.1. The minimum atomic E-state index is -0.555. The summed E-state index contributed by atoms with van der Waals surface area (Å²) < 4.78 is -0.555. The first-order valence-electron chi connectivity index (χ1n) is 10.7. The molecule has 7 nitrogen and oxygen atoms in total. The van der Waals surface area contributed by atoms with Gasteiger partial charge in [-0.15, -0.1) is 11.8 Å². The standard InChI is InChI=1S/C20H32BrN3O4S/c1-3-4-8-23-18(27)16-20-11-12(21)15(29-20)13(17(26)22-2)14(20)19(28)24(16)9-6-5-7-10-25/h12-16,25H,3-11H2,1-2H3,(H,22,26)(H,23,27)/t12?,13-,14+,15-,16?,20?/m1/s1. The molecule has 0 aromatic rings. The Balaban J connectivity index is 1.89. The summed E-state index contributed by atoms with van der Waals surface area (Å²) in [5, 5.41) is 14.8. The van der Waals surface area contributed by atoms with Crippen molar-refractivity contribution >= 4 is 45.4 Å². The Labute approximate surface area is 185 Å². The molecule has 0 aliphatic carbocycles. The number of rotatable bonds is 10. The van der Waals surface area contributed by atoms with E-state index in [0.717, 1.165) is 25.7 Å². The highest BCUT2D eigenvalue weighted by Crippen LogP contribution is 2.67. The van der Waals surface area contributed by atoms with Crippen molar-refractivity contribution in [1.29, 1.82) is 0 Å². The molecular formula is C20H32BrN3O4S. The van der Waals surface area contributed by atoms with Crippen LogP contribution in [-0.2, 0) is 14.4 Å². The second-order valence-corrected chi connectivity index (χ2v) is 11.0. The summed E-state index contributed by atoms with van der Waals surface area (Å²) in [6.45, 7) is 3.29. The number of thioether (sulfide) groups is 1. The first-order valence-corrected chi connectivity index (χ1v) is 12.4. The molecule has 3 rings (SSSR count). The fourth-order valence-corrected chi connectivity index (χ4v) is 8.81. The number of amides is 3. The molecule has 3 amide bonds. The van der Waals surface area contributed by atoms with Crippen LogP contribution in [0, 0.1) is 11.8 Å². The molecule has 0 saturated carbocycles. The molecule has 3 unspecified atom stereocenters. The van der Waals surface area contributed by atoms with Gasteiger partial charge in [-0.2, -0.15) is 0 Å². The Morgan fingerprint density at radius 3 is 2.69 bits per heavy atom. The molecule has 1 spiro atoms. The van der Waals surface area contributed by atoms with Gasteiger partial charge < -0.3 is 20.6 Å². The number of hydrogen-bond donors (Lipinski definition) is 3. The van der Waals surface area contributed by atoms with Gasteiger partial charge in [0.1, 0.15) is 6.04 Å². The van der Waals surface area contributed by atoms with Crippen molar-refractivity contribution in [2.75, 3.05) is 26.7 Å². The number of aliphatic hydroxyl groups excluding tert-OH is 1. The first-order chi connectivity index (χ1) is 13.9. The van der Waals surface area contributed by atoms with Crippen molar-refractivity contribution in [3.8, 4) is 0 Å². The van der Waals surface area contributed by atoms with Gasteiger partial charge in [0, 0.05) is 36.8 Å². The average molecular weight is 490 g/mol. The van der Waals surface area contributed by atoms with Crippen LogP contribution < -0.4 is 10.6 Å². The summed E-state index contributed by atoms with van der Waals surface area (Å²) in [5.41, 5.74) is 0. The van der Waals surface area contributed by atoms with Crippen LogP contribution >= 0.6 is 27.7 Å². The van der Waals surface area contributed by atoms with E-state index in [9.17, 15) is 14.4 Å². The number of unbranched alkanes of at least 4 members (excludes halogenated alkanes) is 3. The van der Waals surface area contributed by atoms with Gasteiger partial charge in [-0.3, -0.25) is 14.4 Å². The number of alkyl halides is 1. The molecule has 3 aliphatic rings. The summed E-state index contributed by atoms with van der Waals surface area (Å²) in [7, 11) is 1.61. The van der Waals surface area contributed by atoms with Crippen molar-refractivity contribution in [3.05, 3.63) is 0 Å². The molecule has 3 aliphatic heterocycles. The van der Waals surface area contributed by atoms with Crippen LogP contribution in [0.3, 0.4) is 0 Å². The summed E-state index contributed by atoms with van der Waals surface area (Å²) in [6.07, 6.45) is 4.83. The molecule has 2 bridgehead atoms. The fraction of sp³-hybridized carbons (Fsp3) is 0.850. The summed E-state index contributed by atoms with van der Waals surface area (Å²) >= 11 is 5.39. The molecule has 3 N–H and O–H groups in total.